The van der Waals surface area contributed by atoms with Crippen molar-refractivity contribution in [2.45, 2.75) is 6.42 Å². The normalized spacial score (nSPS) is 10.5. The zero-order valence-corrected chi connectivity index (χ0v) is 5.82. The summed E-state index contributed by atoms with van der Waals surface area (Å²) >= 11 is 0. The van der Waals surface area contributed by atoms with Crippen LogP contribution in [0.25, 0.3) is 0 Å². The van der Waals surface area contributed by atoms with Crippen LogP contribution in [0.1, 0.15) is 5.69 Å². The number of rotatable bonds is 3. The van der Waals surface area contributed by atoms with Crippen LogP contribution in [0.3, 0.4) is 0 Å². The van der Waals surface area contributed by atoms with Crippen LogP contribution in [0.4, 0.5) is 0 Å². The fraction of sp³-hybridized carbons (Fsp3) is 0.143. The van der Waals surface area contributed by atoms with Gasteiger partial charge in [0.15, 0.2) is 0 Å². The van der Waals surface area contributed by atoms with Crippen LogP contribution in [0.15, 0.2) is 24.7 Å². The lowest BCUT2D eigenvalue weighted by molar-refractivity contribution is -0.131. The van der Waals surface area contributed by atoms with Crippen molar-refractivity contribution >= 4 is 5.97 Å². The molecule has 0 amide bonds. The largest absolute Gasteiger partial charge is 0.478 e. The lowest BCUT2D eigenvalue weighted by Gasteiger charge is -1.85. The number of imidazole rings is 1. The van der Waals surface area contributed by atoms with E-state index < -0.39 is 5.97 Å². The second-order valence-corrected chi connectivity index (χ2v) is 2.02. The second kappa shape index (κ2) is 3.55. The predicted molar refractivity (Wildman–Crippen MR) is 39.1 cm³/mol. The molecule has 0 fully saturated rings. The Kier molecular flexibility index (Phi) is 2.43. The molecule has 1 heterocycles. The van der Waals surface area contributed by atoms with Gasteiger partial charge in [-0.2, -0.15) is 0 Å². The molecule has 0 radical (unpaired) electrons. The first kappa shape index (κ1) is 7.53. The van der Waals surface area contributed by atoms with E-state index in [4.69, 9.17) is 5.11 Å². The summed E-state index contributed by atoms with van der Waals surface area (Å²) in [4.78, 5) is 16.7. The van der Waals surface area contributed by atoms with Crippen LogP contribution in [0, 0.1) is 0 Å². The number of nitrogens with zero attached hydrogens (tertiary/aromatic N) is 1. The molecule has 0 saturated carbocycles. The van der Waals surface area contributed by atoms with Crippen LogP contribution >= 0.6 is 0 Å². The number of aliphatic carboxylic acids is 1. The van der Waals surface area contributed by atoms with Gasteiger partial charge in [-0.25, -0.2) is 9.78 Å². The number of aromatic amines is 1. The van der Waals surface area contributed by atoms with E-state index in [1.807, 2.05) is 0 Å². The summed E-state index contributed by atoms with van der Waals surface area (Å²) in [7, 11) is 0. The van der Waals surface area contributed by atoms with Crippen molar-refractivity contribution in [3.63, 3.8) is 0 Å². The molecule has 0 aliphatic rings. The molecule has 0 aromatic carbocycles. The number of hydrogen-bond acceptors (Lipinski definition) is 2. The van der Waals surface area contributed by atoms with Crippen molar-refractivity contribution in [2.75, 3.05) is 0 Å². The van der Waals surface area contributed by atoms with E-state index in [0.29, 0.717) is 6.42 Å². The van der Waals surface area contributed by atoms with E-state index >= 15 is 0 Å². The van der Waals surface area contributed by atoms with Gasteiger partial charge in [0.05, 0.1) is 6.33 Å². The SMILES string of the molecule is O=C(O)C=CCc1cnc[nH]1. The third kappa shape index (κ3) is 2.66. The highest BCUT2D eigenvalue weighted by molar-refractivity contribution is 5.79. The lowest BCUT2D eigenvalue weighted by atomic mass is 10.3. The summed E-state index contributed by atoms with van der Waals surface area (Å²) in [6, 6.07) is 0. The van der Waals surface area contributed by atoms with Crippen molar-refractivity contribution in [3.05, 3.63) is 30.4 Å². The molecule has 0 bridgehead atoms. The van der Waals surface area contributed by atoms with Crippen molar-refractivity contribution in [3.8, 4) is 0 Å². The zero-order chi connectivity index (χ0) is 8.10. The number of carboxylic acid groups (broad SMARTS) is 1. The molecule has 4 heteroatoms. The van der Waals surface area contributed by atoms with Crippen LogP contribution in [0.5, 0.6) is 0 Å². The minimum Gasteiger partial charge on any atom is -0.478 e. The topological polar surface area (TPSA) is 66.0 Å². The maximum atomic E-state index is 10.0. The maximum absolute atomic E-state index is 10.0. The number of allylic oxidation sites excluding steroid dienone is 1. The van der Waals surface area contributed by atoms with Crippen molar-refractivity contribution in [2.24, 2.45) is 0 Å². The monoisotopic (exact) mass is 152 g/mol. The highest BCUT2D eigenvalue weighted by Crippen LogP contribution is 1.92. The predicted octanol–water partition coefficient (Wildman–Crippen LogP) is 0.593. The molecule has 1 aromatic heterocycles. The zero-order valence-electron chi connectivity index (χ0n) is 5.82. The highest BCUT2D eigenvalue weighted by Gasteiger charge is 1.89. The average molecular weight is 152 g/mol. The molecule has 58 valence electrons. The molecule has 0 atom stereocenters. The van der Waals surface area contributed by atoms with E-state index in [-0.39, 0.29) is 0 Å². The smallest absolute Gasteiger partial charge is 0.327 e. The molecule has 0 aliphatic carbocycles. The molecule has 4 nitrogen and oxygen atoms in total. The van der Waals surface area contributed by atoms with Gasteiger partial charge in [0, 0.05) is 24.4 Å². The van der Waals surface area contributed by atoms with Gasteiger partial charge in [-0.1, -0.05) is 6.08 Å². The Bertz CT molecular complexity index is 251. The lowest BCUT2D eigenvalue weighted by Crippen LogP contribution is -1.87. The molecule has 0 saturated heterocycles. The van der Waals surface area contributed by atoms with Gasteiger partial charge < -0.3 is 10.1 Å². The van der Waals surface area contributed by atoms with Crippen LogP contribution in [-0.2, 0) is 11.2 Å². The van der Waals surface area contributed by atoms with E-state index in [1.165, 1.54) is 0 Å². The Hall–Kier alpha value is -1.58. The molecule has 0 unspecified atom stereocenters. The molecule has 1 rings (SSSR count). The van der Waals surface area contributed by atoms with Crippen molar-refractivity contribution in [1.29, 1.82) is 0 Å². The number of H-pyrrole nitrogens is 1. The van der Waals surface area contributed by atoms with E-state index in [1.54, 1.807) is 18.6 Å². The standard InChI is InChI=1S/C7H8N2O2/c10-7(11)3-1-2-6-4-8-5-9-6/h1,3-5H,2H2,(H,8,9)(H,10,11). The Balaban J connectivity index is 2.40. The summed E-state index contributed by atoms with van der Waals surface area (Å²) in [5.41, 5.74) is 0.905. The summed E-state index contributed by atoms with van der Waals surface area (Å²) < 4.78 is 0. The maximum Gasteiger partial charge on any atom is 0.327 e. The second-order valence-electron chi connectivity index (χ2n) is 2.02. The molecule has 0 spiro atoms. The summed E-state index contributed by atoms with van der Waals surface area (Å²) in [6.45, 7) is 0. The first-order valence-electron chi connectivity index (χ1n) is 3.16. The van der Waals surface area contributed by atoms with Crippen molar-refractivity contribution < 1.29 is 9.90 Å². The average Bonchev–Trinajstić information content (AvgIpc) is 2.39. The Morgan fingerprint density at radius 1 is 1.82 bits per heavy atom. The van der Waals surface area contributed by atoms with Crippen LogP contribution < -0.4 is 0 Å². The van der Waals surface area contributed by atoms with E-state index in [9.17, 15) is 4.79 Å². The van der Waals surface area contributed by atoms with E-state index in [0.717, 1.165) is 11.8 Å². The van der Waals surface area contributed by atoms with Crippen LogP contribution in [-0.4, -0.2) is 21.0 Å². The third-order valence-corrected chi connectivity index (χ3v) is 1.15. The minimum atomic E-state index is -0.926. The number of nitrogens with one attached hydrogen (secondary N) is 1. The molecule has 1 aromatic rings. The van der Waals surface area contributed by atoms with Crippen LogP contribution in [0.2, 0.25) is 0 Å². The van der Waals surface area contributed by atoms with E-state index in [2.05, 4.69) is 9.97 Å². The summed E-state index contributed by atoms with van der Waals surface area (Å²) in [5, 5.41) is 8.23. The van der Waals surface area contributed by atoms with Gasteiger partial charge in [-0.15, -0.1) is 0 Å². The first-order valence-corrected chi connectivity index (χ1v) is 3.16. The number of carboxylic acids is 1. The summed E-state index contributed by atoms with van der Waals surface area (Å²) in [5.74, 6) is -0.926. The van der Waals surface area contributed by atoms with Gasteiger partial charge >= 0.3 is 5.97 Å². The van der Waals surface area contributed by atoms with Crippen molar-refractivity contribution in [1.82, 2.24) is 9.97 Å². The molecular weight excluding hydrogens is 144 g/mol. The molecule has 2 N–H and O–H groups in total. The number of hydrogen-bond donors (Lipinski definition) is 2. The Labute approximate surface area is 63.6 Å². The third-order valence-electron chi connectivity index (χ3n) is 1.15. The fourth-order valence-electron chi connectivity index (χ4n) is 0.683. The number of carbonyl (C=O) groups is 1. The highest BCUT2D eigenvalue weighted by atomic mass is 16.4. The molecule has 11 heavy (non-hydrogen) atoms. The van der Waals surface area contributed by atoms with Gasteiger partial charge in [-0.05, 0) is 0 Å². The molecule has 0 aliphatic heterocycles. The van der Waals surface area contributed by atoms with Gasteiger partial charge in [0.1, 0.15) is 0 Å². The van der Waals surface area contributed by atoms with Gasteiger partial charge in [-0.3, -0.25) is 0 Å². The first-order chi connectivity index (χ1) is 5.29. The minimum absolute atomic E-state index is 0.576. The quantitative estimate of drug-likeness (QED) is 0.623. The fourth-order valence-corrected chi connectivity index (χ4v) is 0.683. The number of aromatic nitrogens is 2. The Morgan fingerprint density at radius 2 is 2.64 bits per heavy atom. The van der Waals surface area contributed by atoms with Gasteiger partial charge in [0.2, 0.25) is 0 Å². The van der Waals surface area contributed by atoms with Gasteiger partial charge in [0.25, 0.3) is 0 Å². The summed E-state index contributed by atoms with van der Waals surface area (Å²) in [6.07, 6.45) is 6.47. The molecular formula is C7H8N2O2. The Morgan fingerprint density at radius 3 is 3.18 bits per heavy atom.